The van der Waals surface area contributed by atoms with Gasteiger partial charge in [-0.15, -0.1) is 0 Å². The quantitative estimate of drug-likeness (QED) is 0.654. The summed E-state index contributed by atoms with van der Waals surface area (Å²) < 4.78 is 0. The molecule has 1 rings (SSSR count). The molecule has 0 saturated carbocycles. The molecular weight excluding hydrogens is 192 g/mol. The van der Waals surface area contributed by atoms with E-state index in [-0.39, 0.29) is 18.1 Å². The van der Waals surface area contributed by atoms with E-state index in [0.29, 0.717) is 19.5 Å². The minimum Gasteiger partial charge on any atom is -0.391 e. The Balaban J connectivity index is 2.26. The molecule has 4 heteroatoms. The second-order valence-electron chi connectivity index (χ2n) is 4.33. The first-order valence-corrected chi connectivity index (χ1v) is 5.87. The summed E-state index contributed by atoms with van der Waals surface area (Å²) in [5, 5.41) is 9.31. The van der Waals surface area contributed by atoms with Crippen LogP contribution < -0.4 is 5.73 Å². The summed E-state index contributed by atoms with van der Waals surface area (Å²) >= 11 is 0. The van der Waals surface area contributed by atoms with Crippen LogP contribution >= 0.6 is 0 Å². The number of carbonyl (C=O) groups excluding carboxylic acids is 1. The maximum absolute atomic E-state index is 11.8. The van der Waals surface area contributed by atoms with Gasteiger partial charge in [0.2, 0.25) is 5.91 Å². The van der Waals surface area contributed by atoms with Crippen LogP contribution in [-0.2, 0) is 4.79 Å². The molecule has 4 nitrogen and oxygen atoms in total. The SMILES string of the molecule is CCCCCC(N)C(=O)N1CCC(O)C1. The van der Waals surface area contributed by atoms with Crippen LogP contribution in [0.25, 0.3) is 0 Å². The summed E-state index contributed by atoms with van der Waals surface area (Å²) in [6.45, 7) is 3.24. The molecule has 2 atom stereocenters. The highest BCUT2D eigenvalue weighted by Crippen LogP contribution is 2.12. The molecule has 1 fully saturated rings. The zero-order valence-electron chi connectivity index (χ0n) is 9.48. The maximum Gasteiger partial charge on any atom is 0.239 e. The number of carbonyl (C=O) groups is 1. The molecular formula is C11H22N2O2. The molecule has 1 aliphatic rings. The Kier molecular flexibility index (Phi) is 5.05. The van der Waals surface area contributed by atoms with Crippen molar-refractivity contribution >= 4 is 5.91 Å². The first-order chi connectivity index (χ1) is 7.15. The van der Waals surface area contributed by atoms with Crippen LogP contribution in [0.3, 0.4) is 0 Å². The fraction of sp³-hybridized carbons (Fsp3) is 0.909. The van der Waals surface area contributed by atoms with Crippen LogP contribution in [0.2, 0.25) is 0 Å². The van der Waals surface area contributed by atoms with Crippen molar-refractivity contribution in [1.29, 1.82) is 0 Å². The van der Waals surface area contributed by atoms with Crippen LogP contribution in [0.15, 0.2) is 0 Å². The summed E-state index contributed by atoms with van der Waals surface area (Å²) in [4.78, 5) is 13.5. The standard InChI is InChI=1S/C11H22N2O2/c1-2-3-4-5-10(12)11(15)13-7-6-9(14)8-13/h9-10,14H,2-8,12H2,1H3. The van der Waals surface area contributed by atoms with Gasteiger partial charge in [0.15, 0.2) is 0 Å². The van der Waals surface area contributed by atoms with Crippen molar-refractivity contribution < 1.29 is 9.90 Å². The van der Waals surface area contributed by atoms with Crippen LogP contribution in [0.5, 0.6) is 0 Å². The first kappa shape index (κ1) is 12.5. The van der Waals surface area contributed by atoms with Gasteiger partial charge >= 0.3 is 0 Å². The molecule has 0 aromatic carbocycles. The average molecular weight is 214 g/mol. The summed E-state index contributed by atoms with van der Waals surface area (Å²) in [6.07, 6.45) is 4.39. The number of hydrogen-bond acceptors (Lipinski definition) is 3. The van der Waals surface area contributed by atoms with E-state index in [4.69, 9.17) is 5.73 Å². The van der Waals surface area contributed by atoms with Gasteiger partial charge in [-0.3, -0.25) is 4.79 Å². The fourth-order valence-corrected chi connectivity index (χ4v) is 1.91. The number of likely N-dealkylation sites (tertiary alicyclic amines) is 1. The molecule has 15 heavy (non-hydrogen) atoms. The zero-order chi connectivity index (χ0) is 11.3. The predicted molar refractivity (Wildman–Crippen MR) is 59.3 cm³/mol. The molecule has 1 aliphatic heterocycles. The van der Waals surface area contributed by atoms with E-state index in [2.05, 4.69) is 6.92 Å². The molecule has 1 amide bonds. The van der Waals surface area contributed by atoms with Crippen molar-refractivity contribution in [3.05, 3.63) is 0 Å². The second kappa shape index (κ2) is 6.08. The number of amides is 1. The molecule has 3 N–H and O–H groups in total. The van der Waals surface area contributed by atoms with Gasteiger partial charge in [0.25, 0.3) is 0 Å². The number of nitrogens with two attached hydrogens (primary N) is 1. The molecule has 0 aromatic heterocycles. The summed E-state index contributed by atoms with van der Waals surface area (Å²) in [5.41, 5.74) is 5.81. The predicted octanol–water partition coefficient (Wildman–Crippen LogP) is 0.487. The summed E-state index contributed by atoms with van der Waals surface area (Å²) in [7, 11) is 0. The summed E-state index contributed by atoms with van der Waals surface area (Å²) in [5.74, 6) is 0.00246. The number of β-amino-alcohol motifs (C(OH)–C–C–N with tert-alkyl or cyclic N) is 1. The van der Waals surface area contributed by atoms with E-state index >= 15 is 0 Å². The smallest absolute Gasteiger partial charge is 0.239 e. The second-order valence-corrected chi connectivity index (χ2v) is 4.33. The molecule has 0 aliphatic carbocycles. The highest BCUT2D eigenvalue weighted by Gasteiger charge is 2.27. The minimum absolute atomic E-state index is 0.00246. The highest BCUT2D eigenvalue weighted by molar-refractivity contribution is 5.81. The van der Waals surface area contributed by atoms with Gasteiger partial charge in [-0.25, -0.2) is 0 Å². The van der Waals surface area contributed by atoms with Crippen molar-refractivity contribution in [2.75, 3.05) is 13.1 Å². The molecule has 88 valence electrons. The van der Waals surface area contributed by atoms with Crippen molar-refractivity contribution in [3.63, 3.8) is 0 Å². The topological polar surface area (TPSA) is 66.6 Å². The van der Waals surface area contributed by atoms with Crippen LogP contribution in [0.1, 0.15) is 39.0 Å². The Labute approximate surface area is 91.4 Å². The minimum atomic E-state index is -0.373. The fourth-order valence-electron chi connectivity index (χ4n) is 1.91. The molecule has 0 spiro atoms. The third-order valence-electron chi connectivity index (χ3n) is 2.91. The normalized spacial score (nSPS) is 23.1. The van der Waals surface area contributed by atoms with Crippen LogP contribution in [-0.4, -0.2) is 41.1 Å². The van der Waals surface area contributed by atoms with Crippen molar-refractivity contribution in [1.82, 2.24) is 4.90 Å². The first-order valence-electron chi connectivity index (χ1n) is 5.87. The van der Waals surface area contributed by atoms with Crippen molar-refractivity contribution in [3.8, 4) is 0 Å². The lowest BCUT2D eigenvalue weighted by Crippen LogP contribution is -2.42. The molecule has 2 unspecified atom stereocenters. The van der Waals surface area contributed by atoms with Gasteiger partial charge in [-0.2, -0.15) is 0 Å². The van der Waals surface area contributed by atoms with Gasteiger partial charge in [0.1, 0.15) is 0 Å². The number of aliphatic hydroxyl groups is 1. The zero-order valence-corrected chi connectivity index (χ0v) is 9.48. The summed E-state index contributed by atoms with van der Waals surface area (Å²) in [6, 6.07) is -0.373. The van der Waals surface area contributed by atoms with Crippen LogP contribution in [0, 0.1) is 0 Å². The third-order valence-corrected chi connectivity index (χ3v) is 2.91. The number of unbranched alkanes of at least 4 members (excludes halogenated alkanes) is 2. The van der Waals surface area contributed by atoms with Gasteiger partial charge in [-0.05, 0) is 12.8 Å². The number of nitrogens with zero attached hydrogens (tertiary/aromatic N) is 1. The average Bonchev–Trinajstić information content (AvgIpc) is 2.64. The Hall–Kier alpha value is -0.610. The van der Waals surface area contributed by atoms with Crippen molar-refractivity contribution in [2.45, 2.75) is 51.2 Å². The van der Waals surface area contributed by atoms with Gasteiger partial charge in [0.05, 0.1) is 12.1 Å². The maximum atomic E-state index is 11.8. The Morgan fingerprint density at radius 2 is 2.33 bits per heavy atom. The van der Waals surface area contributed by atoms with E-state index in [1.165, 1.54) is 0 Å². The Morgan fingerprint density at radius 3 is 2.87 bits per heavy atom. The lowest BCUT2D eigenvalue weighted by atomic mass is 10.1. The van der Waals surface area contributed by atoms with Gasteiger partial charge in [-0.1, -0.05) is 26.2 Å². The van der Waals surface area contributed by atoms with E-state index in [9.17, 15) is 9.90 Å². The third kappa shape index (κ3) is 3.80. The Morgan fingerprint density at radius 1 is 1.60 bits per heavy atom. The lowest BCUT2D eigenvalue weighted by Gasteiger charge is -2.20. The number of hydrogen-bond donors (Lipinski definition) is 2. The molecule has 0 bridgehead atoms. The van der Waals surface area contributed by atoms with Crippen LogP contribution in [0.4, 0.5) is 0 Å². The number of rotatable bonds is 5. The number of aliphatic hydroxyl groups excluding tert-OH is 1. The largest absolute Gasteiger partial charge is 0.391 e. The van der Waals surface area contributed by atoms with Crippen molar-refractivity contribution in [2.24, 2.45) is 5.73 Å². The molecule has 1 saturated heterocycles. The Bertz CT molecular complexity index is 209. The molecule has 0 radical (unpaired) electrons. The highest BCUT2D eigenvalue weighted by atomic mass is 16.3. The van der Waals surface area contributed by atoms with E-state index in [1.54, 1.807) is 4.90 Å². The monoisotopic (exact) mass is 214 g/mol. The van der Waals surface area contributed by atoms with Gasteiger partial charge in [0, 0.05) is 13.1 Å². The molecule has 1 heterocycles. The van der Waals surface area contributed by atoms with Gasteiger partial charge < -0.3 is 15.7 Å². The molecule has 0 aromatic rings. The lowest BCUT2D eigenvalue weighted by molar-refractivity contribution is -0.132. The van der Waals surface area contributed by atoms with E-state index in [1.807, 2.05) is 0 Å². The van der Waals surface area contributed by atoms with E-state index in [0.717, 1.165) is 25.7 Å². The van der Waals surface area contributed by atoms with E-state index < -0.39 is 0 Å².